The van der Waals surface area contributed by atoms with E-state index in [-0.39, 0.29) is 5.91 Å². The lowest BCUT2D eigenvalue weighted by Crippen LogP contribution is -2.34. The van der Waals surface area contributed by atoms with E-state index in [9.17, 15) is 4.79 Å². The molecule has 1 aromatic rings. The summed E-state index contributed by atoms with van der Waals surface area (Å²) in [5, 5.41) is 6.52. The van der Waals surface area contributed by atoms with Crippen molar-refractivity contribution in [1.82, 2.24) is 5.32 Å². The lowest BCUT2D eigenvalue weighted by Gasteiger charge is -2.18. The molecule has 0 radical (unpaired) electrons. The molecule has 0 aliphatic carbocycles. The van der Waals surface area contributed by atoms with Gasteiger partial charge in [-0.3, -0.25) is 4.79 Å². The van der Waals surface area contributed by atoms with Gasteiger partial charge < -0.3 is 10.6 Å². The fourth-order valence-corrected chi connectivity index (χ4v) is 2.80. The van der Waals surface area contributed by atoms with Crippen LogP contribution in [0.4, 0.5) is 5.69 Å². The number of carbonyl (C=O) groups is 1. The first-order valence-electron chi connectivity index (χ1n) is 7.92. The molecule has 0 spiro atoms. The van der Waals surface area contributed by atoms with Crippen LogP contribution in [-0.2, 0) is 6.42 Å². The second-order valence-corrected chi connectivity index (χ2v) is 5.65. The summed E-state index contributed by atoms with van der Waals surface area (Å²) in [6.07, 6.45) is 6.65. The van der Waals surface area contributed by atoms with Gasteiger partial charge in [-0.25, -0.2) is 0 Å². The smallest absolute Gasteiger partial charge is 0.251 e. The van der Waals surface area contributed by atoms with Gasteiger partial charge in [0.05, 0.1) is 0 Å². The summed E-state index contributed by atoms with van der Waals surface area (Å²) in [7, 11) is 0. The third kappa shape index (κ3) is 3.75. The standard InChI is InChI=1S/C17H26N2O/c1-3-5-7-15(6-4-2)19-17(20)14-8-9-16-13(12-14)10-11-18-16/h8-9,12,15,18H,3-7,10-11H2,1-2H3,(H,19,20). The van der Waals surface area contributed by atoms with Crippen LogP contribution in [0.25, 0.3) is 0 Å². The van der Waals surface area contributed by atoms with E-state index >= 15 is 0 Å². The van der Waals surface area contributed by atoms with Crippen molar-refractivity contribution in [2.45, 2.75) is 58.4 Å². The van der Waals surface area contributed by atoms with Crippen LogP contribution in [0.2, 0.25) is 0 Å². The molecule has 1 atom stereocenters. The van der Waals surface area contributed by atoms with Crippen LogP contribution < -0.4 is 10.6 Å². The van der Waals surface area contributed by atoms with Crippen molar-refractivity contribution in [3.63, 3.8) is 0 Å². The van der Waals surface area contributed by atoms with Crippen molar-refractivity contribution in [2.24, 2.45) is 0 Å². The Morgan fingerprint density at radius 1 is 1.30 bits per heavy atom. The molecular weight excluding hydrogens is 248 g/mol. The summed E-state index contributed by atoms with van der Waals surface area (Å²) in [5.41, 5.74) is 3.24. The third-order valence-corrected chi connectivity index (χ3v) is 3.96. The highest BCUT2D eigenvalue weighted by Gasteiger charge is 2.16. The number of rotatable bonds is 7. The Hall–Kier alpha value is -1.51. The van der Waals surface area contributed by atoms with Gasteiger partial charge in [-0.15, -0.1) is 0 Å². The second-order valence-electron chi connectivity index (χ2n) is 5.65. The predicted molar refractivity (Wildman–Crippen MR) is 84.3 cm³/mol. The number of anilines is 1. The zero-order valence-corrected chi connectivity index (χ0v) is 12.7. The van der Waals surface area contributed by atoms with E-state index in [4.69, 9.17) is 0 Å². The number of nitrogens with one attached hydrogen (secondary N) is 2. The minimum absolute atomic E-state index is 0.0780. The summed E-state index contributed by atoms with van der Waals surface area (Å²) in [6.45, 7) is 5.35. The Balaban J connectivity index is 1.98. The zero-order chi connectivity index (χ0) is 14.4. The number of amides is 1. The minimum Gasteiger partial charge on any atom is -0.384 e. The maximum absolute atomic E-state index is 12.4. The van der Waals surface area contributed by atoms with Crippen LogP contribution >= 0.6 is 0 Å². The molecule has 110 valence electrons. The van der Waals surface area contributed by atoms with Gasteiger partial charge in [0.25, 0.3) is 5.91 Å². The normalized spacial score (nSPS) is 14.5. The predicted octanol–water partition coefficient (Wildman–Crippen LogP) is 3.74. The molecular formula is C17H26N2O. The quantitative estimate of drug-likeness (QED) is 0.795. The number of fused-ring (bicyclic) bond motifs is 1. The van der Waals surface area contributed by atoms with Crippen molar-refractivity contribution in [1.29, 1.82) is 0 Å². The van der Waals surface area contributed by atoms with E-state index < -0.39 is 0 Å². The molecule has 2 N–H and O–H groups in total. The maximum atomic E-state index is 12.4. The van der Waals surface area contributed by atoms with E-state index in [1.165, 1.54) is 24.1 Å². The molecule has 1 aliphatic heterocycles. The van der Waals surface area contributed by atoms with Crippen LogP contribution in [0.1, 0.15) is 61.9 Å². The van der Waals surface area contributed by atoms with Gasteiger partial charge in [-0.1, -0.05) is 33.1 Å². The summed E-state index contributed by atoms with van der Waals surface area (Å²) in [4.78, 5) is 12.4. The Bertz CT molecular complexity index is 456. The maximum Gasteiger partial charge on any atom is 0.251 e. The van der Waals surface area contributed by atoms with Crippen molar-refractivity contribution in [3.8, 4) is 0 Å². The second kappa shape index (κ2) is 7.32. The Morgan fingerprint density at radius 2 is 2.15 bits per heavy atom. The highest BCUT2D eigenvalue weighted by Crippen LogP contribution is 2.23. The van der Waals surface area contributed by atoms with E-state index in [1.54, 1.807) is 0 Å². The molecule has 1 amide bonds. The van der Waals surface area contributed by atoms with Crippen LogP contribution in [0.3, 0.4) is 0 Å². The number of hydrogen-bond acceptors (Lipinski definition) is 2. The minimum atomic E-state index is 0.0780. The Labute approximate surface area is 122 Å². The van der Waals surface area contributed by atoms with Crippen LogP contribution in [-0.4, -0.2) is 18.5 Å². The van der Waals surface area contributed by atoms with Gasteiger partial charge in [0.1, 0.15) is 0 Å². The molecule has 0 saturated heterocycles. The van der Waals surface area contributed by atoms with Gasteiger partial charge in [-0.05, 0) is 43.0 Å². The van der Waals surface area contributed by atoms with Crippen LogP contribution in [0, 0.1) is 0 Å². The lowest BCUT2D eigenvalue weighted by molar-refractivity contribution is 0.0932. The summed E-state index contributed by atoms with van der Waals surface area (Å²) >= 11 is 0. The molecule has 1 aliphatic rings. The monoisotopic (exact) mass is 274 g/mol. The van der Waals surface area contributed by atoms with E-state index in [0.717, 1.165) is 37.8 Å². The van der Waals surface area contributed by atoms with Crippen LogP contribution in [0.15, 0.2) is 18.2 Å². The van der Waals surface area contributed by atoms with Gasteiger partial charge in [0, 0.05) is 23.8 Å². The van der Waals surface area contributed by atoms with E-state index in [1.807, 2.05) is 18.2 Å². The van der Waals surface area contributed by atoms with Crippen molar-refractivity contribution < 1.29 is 4.79 Å². The first-order chi connectivity index (χ1) is 9.74. The molecule has 1 aromatic carbocycles. The molecule has 0 aromatic heterocycles. The zero-order valence-electron chi connectivity index (χ0n) is 12.7. The Kier molecular flexibility index (Phi) is 5.45. The fraction of sp³-hybridized carbons (Fsp3) is 0.588. The lowest BCUT2D eigenvalue weighted by atomic mass is 10.0. The topological polar surface area (TPSA) is 41.1 Å². The number of unbranched alkanes of at least 4 members (excludes halogenated alkanes) is 1. The van der Waals surface area contributed by atoms with E-state index in [2.05, 4.69) is 24.5 Å². The number of benzene rings is 1. The van der Waals surface area contributed by atoms with Crippen molar-refractivity contribution in [3.05, 3.63) is 29.3 Å². The molecule has 3 nitrogen and oxygen atoms in total. The Morgan fingerprint density at radius 3 is 2.90 bits per heavy atom. The molecule has 20 heavy (non-hydrogen) atoms. The molecule has 0 fully saturated rings. The molecule has 1 heterocycles. The third-order valence-electron chi connectivity index (χ3n) is 3.96. The highest BCUT2D eigenvalue weighted by molar-refractivity contribution is 5.95. The van der Waals surface area contributed by atoms with Crippen molar-refractivity contribution in [2.75, 3.05) is 11.9 Å². The molecule has 2 rings (SSSR count). The fourth-order valence-electron chi connectivity index (χ4n) is 2.80. The van der Waals surface area contributed by atoms with Gasteiger partial charge in [-0.2, -0.15) is 0 Å². The van der Waals surface area contributed by atoms with Gasteiger partial charge in [0.15, 0.2) is 0 Å². The SMILES string of the molecule is CCCCC(CCC)NC(=O)c1ccc2c(c1)CCN2. The van der Waals surface area contributed by atoms with Gasteiger partial charge in [0.2, 0.25) is 0 Å². The highest BCUT2D eigenvalue weighted by atomic mass is 16.1. The number of carbonyl (C=O) groups excluding carboxylic acids is 1. The van der Waals surface area contributed by atoms with Crippen LogP contribution in [0.5, 0.6) is 0 Å². The molecule has 0 saturated carbocycles. The molecule has 0 bridgehead atoms. The first kappa shape index (κ1) is 14.9. The first-order valence-corrected chi connectivity index (χ1v) is 7.92. The van der Waals surface area contributed by atoms with E-state index in [0.29, 0.717) is 6.04 Å². The largest absolute Gasteiger partial charge is 0.384 e. The average molecular weight is 274 g/mol. The van der Waals surface area contributed by atoms with Crippen molar-refractivity contribution >= 4 is 11.6 Å². The molecule has 1 unspecified atom stereocenters. The number of hydrogen-bond donors (Lipinski definition) is 2. The summed E-state index contributed by atoms with van der Waals surface area (Å²) in [5.74, 6) is 0.0780. The average Bonchev–Trinajstić information content (AvgIpc) is 2.92. The molecule has 3 heteroatoms. The summed E-state index contributed by atoms with van der Waals surface area (Å²) < 4.78 is 0. The summed E-state index contributed by atoms with van der Waals surface area (Å²) in [6, 6.07) is 6.31. The van der Waals surface area contributed by atoms with Gasteiger partial charge >= 0.3 is 0 Å².